The molecular weight excluding hydrogens is 431 g/mol. The third-order valence-corrected chi connectivity index (χ3v) is 5.65. The summed E-state index contributed by atoms with van der Waals surface area (Å²) in [6.45, 7) is 7.14. The van der Waals surface area contributed by atoms with Crippen molar-refractivity contribution < 1.29 is 9.18 Å². The van der Waals surface area contributed by atoms with Gasteiger partial charge in [-0.05, 0) is 43.5 Å². The third kappa shape index (κ3) is 6.21. The number of benzene rings is 1. The fraction of sp³-hybridized carbons (Fsp3) is 0.346. The van der Waals surface area contributed by atoms with E-state index < -0.39 is 5.82 Å². The molecule has 8 heteroatoms. The standard InChI is InChI=1S/C26H33FN6O/c1-3-5-7-10-19-17-22-24(25(29)31-19)32-23(11-6-4-2)33(22)15-9-8-14-30-26(34)18-12-13-20(27)21(28)16-18/h3,5,7,10,12-13,16H,1,4,6,8-9,11,14-15,17,28H2,2H3,(H2,29,31)(H,30,34)/b7-5-,19-10+. The number of amides is 1. The minimum absolute atomic E-state index is 0.0339. The van der Waals surface area contributed by atoms with Gasteiger partial charge in [0.25, 0.3) is 5.91 Å². The Labute approximate surface area is 200 Å². The topological polar surface area (TPSA) is 111 Å². The molecule has 0 atom stereocenters. The van der Waals surface area contributed by atoms with Gasteiger partial charge in [0.2, 0.25) is 0 Å². The first-order valence-electron chi connectivity index (χ1n) is 11.7. The number of aliphatic imine (C=N–C) groups is 1. The number of halogens is 1. The zero-order valence-electron chi connectivity index (χ0n) is 19.7. The van der Waals surface area contributed by atoms with Crippen LogP contribution in [0.5, 0.6) is 0 Å². The van der Waals surface area contributed by atoms with Gasteiger partial charge >= 0.3 is 0 Å². The quantitative estimate of drug-likeness (QED) is 0.265. The van der Waals surface area contributed by atoms with Gasteiger partial charge in [-0.25, -0.2) is 14.4 Å². The van der Waals surface area contributed by atoms with Crippen molar-refractivity contribution >= 4 is 17.4 Å². The normalized spacial score (nSPS) is 14.3. The molecule has 1 aliphatic rings. The van der Waals surface area contributed by atoms with Crippen molar-refractivity contribution in [2.75, 3.05) is 12.3 Å². The van der Waals surface area contributed by atoms with Crippen molar-refractivity contribution in [1.82, 2.24) is 14.9 Å². The van der Waals surface area contributed by atoms with Crippen molar-refractivity contribution in [2.24, 2.45) is 10.7 Å². The Bertz CT molecular complexity index is 1130. The van der Waals surface area contributed by atoms with Gasteiger partial charge in [-0.1, -0.05) is 38.2 Å². The van der Waals surface area contributed by atoms with Crippen LogP contribution in [0.25, 0.3) is 0 Å². The first kappa shape index (κ1) is 25.0. The second kappa shape index (κ2) is 12.0. The Morgan fingerprint density at radius 1 is 1.26 bits per heavy atom. The molecule has 0 bridgehead atoms. The number of unbranched alkanes of at least 4 members (excludes halogenated alkanes) is 2. The number of nitrogens with two attached hydrogens (primary N) is 2. The molecule has 3 rings (SSSR count). The van der Waals surface area contributed by atoms with Crippen LogP contribution in [0, 0.1) is 5.82 Å². The van der Waals surface area contributed by atoms with Crippen LogP contribution in [-0.2, 0) is 19.4 Å². The summed E-state index contributed by atoms with van der Waals surface area (Å²) in [6, 6.07) is 3.99. The van der Waals surface area contributed by atoms with E-state index >= 15 is 0 Å². The van der Waals surface area contributed by atoms with E-state index in [1.54, 1.807) is 6.08 Å². The minimum Gasteiger partial charge on any atom is -0.396 e. The van der Waals surface area contributed by atoms with E-state index in [-0.39, 0.29) is 11.6 Å². The van der Waals surface area contributed by atoms with Gasteiger partial charge in [-0.3, -0.25) is 4.79 Å². The number of fused-ring (bicyclic) bond motifs is 1. The van der Waals surface area contributed by atoms with E-state index in [9.17, 15) is 9.18 Å². The lowest BCUT2D eigenvalue weighted by molar-refractivity contribution is 0.0953. The predicted molar refractivity (Wildman–Crippen MR) is 135 cm³/mol. The highest BCUT2D eigenvalue weighted by atomic mass is 19.1. The summed E-state index contributed by atoms with van der Waals surface area (Å²) in [7, 11) is 0. The fourth-order valence-corrected chi connectivity index (χ4v) is 3.86. The monoisotopic (exact) mass is 464 g/mol. The van der Waals surface area contributed by atoms with Crippen LogP contribution in [0.3, 0.4) is 0 Å². The molecule has 5 N–H and O–H groups in total. The molecule has 180 valence electrons. The molecular formula is C26H33FN6O. The number of aromatic nitrogens is 2. The predicted octanol–water partition coefficient (Wildman–Crippen LogP) is 4.04. The summed E-state index contributed by atoms with van der Waals surface area (Å²) in [5.74, 6) is 0.682. The van der Waals surface area contributed by atoms with Gasteiger partial charge in [0.15, 0.2) is 5.84 Å². The Morgan fingerprint density at radius 3 is 2.82 bits per heavy atom. The third-order valence-electron chi connectivity index (χ3n) is 5.65. The lowest BCUT2D eigenvalue weighted by Crippen LogP contribution is -2.25. The Morgan fingerprint density at radius 2 is 2.09 bits per heavy atom. The zero-order chi connectivity index (χ0) is 24.5. The van der Waals surface area contributed by atoms with Crippen LogP contribution in [0.4, 0.5) is 10.1 Å². The van der Waals surface area contributed by atoms with Crippen molar-refractivity contribution in [2.45, 2.75) is 52.0 Å². The number of carbonyl (C=O) groups excluding carboxylic acids is 1. The largest absolute Gasteiger partial charge is 0.396 e. The maximum atomic E-state index is 13.3. The van der Waals surface area contributed by atoms with Gasteiger partial charge < -0.3 is 21.4 Å². The van der Waals surface area contributed by atoms with Gasteiger partial charge in [-0.15, -0.1) is 0 Å². The van der Waals surface area contributed by atoms with Gasteiger partial charge in [-0.2, -0.15) is 0 Å². The molecule has 0 saturated heterocycles. The minimum atomic E-state index is -0.528. The first-order valence-corrected chi connectivity index (χ1v) is 11.7. The molecule has 0 spiro atoms. The Balaban J connectivity index is 1.64. The number of allylic oxidation sites excluding steroid dienone is 5. The van der Waals surface area contributed by atoms with E-state index in [0.29, 0.717) is 24.4 Å². The molecule has 1 aromatic carbocycles. The number of nitrogens with zero attached hydrogens (tertiary/aromatic N) is 3. The second-order valence-corrected chi connectivity index (χ2v) is 8.23. The van der Waals surface area contributed by atoms with Crippen LogP contribution in [0.1, 0.15) is 60.2 Å². The number of imidazole rings is 1. The number of carbonyl (C=O) groups is 1. The maximum Gasteiger partial charge on any atom is 0.251 e. The molecule has 0 aliphatic carbocycles. The lowest BCUT2D eigenvalue weighted by atomic mass is 10.1. The van der Waals surface area contributed by atoms with Crippen LogP contribution >= 0.6 is 0 Å². The molecule has 0 radical (unpaired) electrons. The van der Waals surface area contributed by atoms with Crippen LogP contribution < -0.4 is 16.8 Å². The van der Waals surface area contributed by atoms with E-state index in [2.05, 4.69) is 28.4 Å². The van der Waals surface area contributed by atoms with Crippen molar-refractivity contribution in [3.8, 4) is 0 Å². The smallest absolute Gasteiger partial charge is 0.251 e. The number of hydrogen-bond donors (Lipinski definition) is 3. The molecule has 34 heavy (non-hydrogen) atoms. The molecule has 2 heterocycles. The molecule has 2 aromatic rings. The number of hydrogen-bond acceptors (Lipinski definition) is 5. The summed E-state index contributed by atoms with van der Waals surface area (Å²) in [4.78, 5) is 21.6. The maximum absolute atomic E-state index is 13.3. The van der Waals surface area contributed by atoms with Gasteiger partial charge in [0, 0.05) is 37.2 Å². The van der Waals surface area contributed by atoms with E-state index in [4.69, 9.17) is 16.5 Å². The van der Waals surface area contributed by atoms with E-state index in [0.717, 1.165) is 61.6 Å². The number of nitrogens with one attached hydrogen (secondary N) is 1. The second-order valence-electron chi connectivity index (χ2n) is 8.23. The molecule has 7 nitrogen and oxygen atoms in total. The van der Waals surface area contributed by atoms with E-state index in [1.807, 2.05) is 18.2 Å². The SMILES string of the molecule is C=C/C=C\C=C1/Cc2c(nc(CCCC)n2CCCCNC(=O)c2ccc(F)c(N)c2)C(N)=N1. The summed E-state index contributed by atoms with van der Waals surface area (Å²) in [6.07, 6.45) is 12.7. The average Bonchev–Trinajstić information content (AvgIpc) is 3.17. The molecule has 1 aromatic heterocycles. The highest BCUT2D eigenvalue weighted by Gasteiger charge is 2.23. The van der Waals surface area contributed by atoms with Crippen LogP contribution in [0.2, 0.25) is 0 Å². The molecule has 0 saturated carbocycles. The Hall–Kier alpha value is -3.68. The summed E-state index contributed by atoms with van der Waals surface area (Å²) >= 11 is 0. The fourth-order valence-electron chi connectivity index (χ4n) is 3.86. The van der Waals surface area contributed by atoms with Gasteiger partial charge in [0.1, 0.15) is 17.3 Å². The van der Waals surface area contributed by atoms with Crippen molar-refractivity contribution in [3.63, 3.8) is 0 Å². The number of rotatable bonds is 11. The molecule has 1 aliphatic heterocycles. The number of amidine groups is 1. The lowest BCUT2D eigenvalue weighted by Gasteiger charge is -2.16. The Kier molecular flexibility index (Phi) is 8.79. The molecule has 0 unspecified atom stereocenters. The summed E-state index contributed by atoms with van der Waals surface area (Å²) in [5, 5.41) is 2.87. The number of aryl methyl sites for hydroxylation is 1. The van der Waals surface area contributed by atoms with Crippen molar-refractivity contribution in [1.29, 1.82) is 0 Å². The van der Waals surface area contributed by atoms with Crippen LogP contribution in [0.15, 0.2) is 59.8 Å². The van der Waals surface area contributed by atoms with Crippen molar-refractivity contribution in [3.05, 3.63) is 83.4 Å². The van der Waals surface area contributed by atoms with E-state index in [1.165, 1.54) is 18.2 Å². The highest BCUT2D eigenvalue weighted by Crippen LogP contribution is 2.24. The highest BCUT2D eigenvalue weighted by molar-refractivity contribution is 5.98. The van der Waals surface area contributed by atoms with Gasteiger partial charge in [0.05, 0.1) is 11.4 Å². The zero-order valence-corrected chi connectivity index (χ0v) is 19.7. The first-order chi connectivity index (χ1) is 16.4. The average molecular weight is 465 g/mol. The van der Waals surface area contributed by atoms with Crippen LogP contribution in [-0.4, -0.2) is 27.8 Å². The summed E-state index contributed by atoms with van der Waals surface area (Å²) < 4.78 is 15.6. The number of anilines is 1. The molecule has 0 fully saturated rings. The summed E-state index contributed by atoms with van der Waals surface area (Å²) in [5.41, 5.74) is 14.9. The molecule has 1 amide bonds. The number of nitrogen functional groups attached to an aromatic ring is 1.